The van der Waals surface area contributed by atoms with Gasteiger partial charge in [0.25, 0.3) is 0 Å². The lowest BCUT2D eigenvalue weighted by Gasteiger charge is -2.55. The van der Waals surface area contributed by atoms with Crippen LogP contribution in [-0.4, -0.2) is 36.5 Å². The molecule has 0 bridgehead atoms. The summed E-state index contributed by atoms with van der Waals surface area (Å²) in [5, 5.41) is 0. The fraction of sp³-hybridized carbons (Fsp3) is 0.941. The van der Waals surface area contributed by atoms with Gasteiger partial charge in [-0.3, -0.25) is 0 Å². The van der Waals surface area contributed by atoms with Crippen molar-refractivity contribution in [2.24, 2.45) is 11.3 Å². The summed E-state index contributed by atoms with van der Waals surface area (Å²) in [6.07, 6.45) is 3.62. The highest BCUT2D eigenvalue weighted by Crippen LogP contribution is 2.50. The van der Waals surface area contributed by atoms with Gasteiger partial charge < -0.3 is 19.0 Å². The van der Waals surface area contributed by atoms with Gasteiger partial charge in [-0.05, 0) is 47.5 Å². The van der Waals surface area contributed by atoms with E-state index in [0.29, 0.717) is 13.0 Å². The average molecular weight is 298 g/mol. The van der Waals surface area contributed by atoms with Gasteiger partial charge in [0.1, 0.15) is 6.29 Å². The number of fused-ring (bicyclic) bond motifs is 1. The highest BCUT2D eigenvalue weighted by molar-refractivity contribution is 5.51. The van der Waals surface area contributed by atoms with E-state index in [2.05, 4.69) is 27.7 Å². The fourth-order valence-electron chi connectivity index (χ4n) is 3.72. The Labute approximate surface area is 128 Å². The number of rotatable bonds is 3. The molecule has 4 nitrogen and oxygen atoms in total. The van der Waals surface area contributed by atoms with Crippen LogP contribution < -0.4 is 0 Å². The number of aldehydes is 1. The number of carbonyl (C=O) groups excluding carboxylic acids is 1. The molecule has 122 valence electrons. The Morgan fingerprint density at radius 2 is 1.90 bits per heavy atom. The highest BCUT2D eigenvalue weighted by atomic mass is 16.7. The normalized spacial score (nSPS) is 39.6. The minimum Gasteiger partial charge on any atom is -0.372 e. The lowest BCUT2D eigenvalue weighted by Crippen LogP contribution is -2.59. The van der Waals surface area contributed by atoms with Crippen LogP contribution >= 0.6 is 0 Å². The van der Waals surface area contributed by atoms with Crippen molar-refractivity contribution in [2.45, 2.75) is 84.4 Å². The van der Waals surface area contributed by atoms with Gasteiger partial charge in [-0.25, -0.2) is 0 Å². The molecule has 1 aliphatic carbocycles. The average Bonchev–Trinajstić information content (AvgIpc) is 2.31. The van der Waals surface area contributed by atoms with E-state index in [1.165, 1.54) is 0 Å². The molecule has 2 fully saturated rings. The second-order valence-corrected chi connectivity index (χ2v) is 8.15. The predicted molar refractivity (Wildman–Crippen MR) is 81.0 cm³/mol. The van der Waals surface area contributed by atoms with Crippen LogP contribution in [0.1, 0.15) is 60.8 Å². The Bertz CT molecular complexity index is 385. The standard InChI is InChI=1S/C17H30O4/c1-15(2,3)21-14-8-7-13-12(17(14,6)9-10-18)11-19-16(4,5)20-13/h10,12-14H,7-9,11H2,1-6H3/t12-,13-,14-,17-/m0/s1. The predicted octanol–water partition coefficient (Wildman–Crippen LogP) is 3.33. The van der Waals surface area contributed by atoms with Crippen molar-refractivity contribution in [3.8, 4) is 0 Å². The van der Waals surface area contributed by atoms with Gasteiger partial charge in [-0.15, -0.1) is 0 Å². The maximum absolute atomic E-state index is 11.3. The number of ether oxygens (including phenoxy) is 3. The first-order valence-electron chi connectivity index (χ1n) is 8.01. The molecule has 0 spiro atoms. The van der Waals surface area contributed by atoms with E-state index in [0.717, 1.165) is 19.1 Å². The molecule has 0 aromatic rings. The summed E-state index contributed by atoms with van der Waals surface area (Å²) < 4.78 is 18.2. The summed E-state index contributed by atoms with van der Waals surface area (Å²) in [7, 11) is 0. The maximum atomic E-state index is 11.3. The second kappa shape index (κ2) is 5.64. The zero-order valence-electron chi connectivity index (χ0n) is 14.3. The summed E-state index contributed by atoms with van der Waals surface area (Å²) in [6, 6.07) is 0. The molecule has 4 atom stereocenters. The van der Waals surface area contributed by atoms with Crippen molar-refractivity contribution in [1.82, 2.24) is 0 Å². The van der Waals surface area contributed by atoms with Crippen LogP contribution in [0.2, 0.25) is 0 Å². The SMILES string of the molecule is CC(C)(C)O[C@H]1CC[C@@H]2OC(C)(C)OC[C@@H]2[C@]1(C)CC=O. The van der Waals surface area contributed by atoms with Crippen LogP contribution in [-0.2, 0) is 19.0 Å². The van der Waals surface area contributed by atoms with Crippen LogP contribution in [0, 0.1) is 11.3 Å². The van der Waals surface area contributed by atoms with Gasteiger partial charge in [0.15, 0.2) is 5.79 Å². The van der Waals surface area contributed by atoms with E-state index in [1.54, 1.807) is 0 Å². The molecule has 2 rings (SSSR count). The van der Waals surface area contributed by atoms with Gasteiger partial charge in [0, 0.05) is 17.8 Å². The van der Waals surface area contributed by atoms with E-state index >= 15 is 0 Å². The fourth-order valence-corrected chi connectivity index (χ4v) is 3.72. The van der Waals surface area contributed by atoms with Gasteiger partial charge in [-0.1, -0.05) is 6.92 Å². The molecule has 4 heteroatoms. The smallest absolute Gasteiger partial charge is 0.163 e. The summed E-state index contributed by atoms with van der Waals surface area (Å²) in [5.41, 5.74) is -0.439. The van der Waals surface area contributed by atoms with Crippen molar-refractivity contribution in [1.29, 1.82) is 0 Å². The molecule has 0 aromatic carbocycles. The van der Waals surface area contributed by atoms with Crippen LogP contribution in [0.25, 0.3) is 0 Å². The number of hydrogen-bond donors (Lipinski definition) is 0. The first kappa shape index (κ1) is 16.9. The van der Waals surface area contributed by atoms with Crippen molar-refractivity contribution in [2.75, 3.05) is 6.61 Å². The zero-order valence-corrected chi connectivity index (χ0v) is 14.3. The highest BCUT2D eigenvalue weighted by Gasteiger charge is 2.53. The van der Waals surface area contributed by atoms with Crippen molar-refractivity contribution >= 4 is 6.29 Å². The lowest BCUT2D eigenvalue weighted by molar-refractivity contribution is -0.326. The topological polar surface area (TPSA) is 44.8 Å². The molecule has 0 unspecified atom stereocenters. The maximum Gasteiger partial charge on any atom is 0.163 e. The zero-order chi connectivity index (χ0) is 15.9. The first-order valence-corrected chi connectivity index (χ1v) is 8.01. The molecule has 0 aromatic heterocycles. The van der Waals surface area contributed by atoms with Gasteiger partial charge >= 0.3 is 0 Å². The van der Waals surface area contributed by atoms with Gasteiger partial charge in [-0.2, -0.15) is 0 Å². The minimum atomic E-state index is -0.527. The van der Waals surface area contributed by atoms with E-state index in [1.807, 2.05) is 13.8 Å². The summed E-state index contributed by atoms with van der Waals surface area (Å²) in [5.74, 6) is -0.321. The van der Waals surface area contributed by atoms with Gasteiger partial charge in [0.05, 0.1) is 24.4 Å². The Kier molecular flexibility index (Phi) is 4.54. The summed E-state index contributed by atoms with van der Waals surface area (Å²) >= 11 is 0. The van der Waals surface area contributed by atoms with Gasteiger partial charge in [0.2, 0.25) is 0 Å². The van der Waals surface area contributed by atoms with Crippen LogP contribution in [0.15, 0.2) is 0 Å². The second-order valence-electron chi connectivity index (χ2n) is 8.15. The Morgan fingerprint density at radius 1 is 1.24 bits per heavy atom. The molecule has 1 heterocycles. The summed E-state index contributed by atoms with van der Waals surface area (Å²) in [4.78, 5) is 11.3. The van der Waals surface area contributed by atoms with Crippen LogP contribution in [0.5, 0.6) is 0 Å². The lowest BCUT2D eigenvalue weighted by atomic mass is 9.62. The van der Waals surface area contributed by atoms with E-state index in [-0.39, 0.29) is 29.1 Å². The number of carbonyl (C=O) groups is 1. The van der Waals surface area contributed by atoms with Crippen molar-refractivity contribution in [3.05, 3.63) is 0 Å². The van der Waals surface area contributed by atoms with Crippen LogP contribution in [0.4, 0.5) is 0 Å². The third kappa shape index (κ3) is 3.66. The van der Waals surface area contributed by atoms with Crippen LogP contribution in [0.3, 0.4) is 0 Å². The molecule has 0 radical (unpaired) electrons. The van der Waals surface area contributed by atoms with Crippen molar-refractivity contribution in [3.63, 3.8) is 0 Å². The molecule has 0 amide bonds. The molecular formula is C17H30O4. The molecular weight excluding hydrogens is 268 g/mol. The largest absolute Gasteiger partial charge is 0.372 e. The molecule has 2 aliphatic rings. The molecule has 0 N–H and O–H groups in total. The van der Waals surface area contributed by atoms with E-state index in [4.69, 9.17) is 14.2 Å². The molecule has 21 heavy (non-hydrogen) atoms. The van der Waals surface area contributed by atoms with E-state index < -0.39 is 5.79 Å². The van der Waals surface area contributed by atoms with Crippen molar-refractivity contribution < 1.29 is 19.0 Å². The molecule has 1 saturated heterocycles. The monoisotopic (exact) mass is 298 g/mol. The Balaban J connectivity index is 2.22. The quantitative estimate of drug-likeness (QED) is 0.750. The Morgan fingerprint density at radius 3 is 2.48 bits per heavy atom. The first-order chi connectivity index (χ1) is 9.57. The third-order valence-corrected chi connectivity index (χ3v) is 4.81. The third-order valence-electron chi connectivity index (χ3n) is 4.81. The van der Waals surface area contributed by atoms with E-state index in [9.17, 15) is 4.79 Å². The minimum absolute atomic E-state index is 0.0670. The Hall–Kier alpha value is -0.450. The number of hydrogen-bond acceptors (Lipinski definition) is 4. The molecule has 1 saturated carbocycles. The molecule has 1 aliphatic heterocycles. The summed E-state index contributed by atoms with van der Waals surface area (Å²) in [6.45, 7) is 12.9.